The number of aromatic nitrogens is 2. The van der Waals surface area contributed by atoms with E-state index in [1.54, 1.807) is 0 Å². The molecule has 3 rings (SSSR count). The first-order chi connectivity index (χ1) is 11.0. The van der Waals surface area contributed by atoms with Gasteiger partial charge in [0.25, 0.3) is 0 Å². The van der Waals surface area contributed by atoms with E-state index in [0.717, 1.165) is 27.9 Å². The summed E-state index contributed by atoms with van der Waals surface area (Å²) in [6.07, 6.45) is 0.458. The highest BCUT2D eigenvalue weighted by atomic mass is 35.5. The van der Waals surface area contributed by atoms with Crippen molar-refractivity contribution >= 4 is 46.0 Å². The van der Waals surface area contributed by atoms with Gasteiger partial charge in [-0.15, -0.1) is 5.10 Å². The van der Waals surface area contributed by atoms with Crippen LogP contribution >= 0.6 is 35.2 Å². The van der Waals surface area contributed by atoms with Crippen LogP contribution in [0.2, 0.25) is 5.02 Å². The van der Waals surface area contributed by atoms with Gasteiger partial charge in [0.15, 0.2) is 3.95 Å². The van der Waals surface area contributed by atoms with E-state index in [4.69, 9.17) is 28.6 Å². The van der Waals surface area contributed by atoms with Gasteiger partial charge >= 0.3 is 0 Å². The number of para-hydroxylation sites is 1. The van der Waals surface area contributed by atoms with Crippen molar-refractivity contribution in [3.8, 4) is 0 Å². The molecule has 1 fully saturated rings. The maximum Gasteiger partial charge on any atom is 0.209 e. The predicted octanol–water partition coefficient (Wildman–Crippen LogP) is 4.14. The Morgan fingerprint density at radius 1 is 1.35 bits per heavy atom. The van der Waals surface area contributed by atoms with Crippen LogP contribution in [-0.4, -0.2) is 40.0 Å². The number of halogens is 1. The number of benzene rings is 1. The van der Waals surface area contributed by atoms with Crippen molar-refractivity contribution in [1.29, 1.82) is 0 Å². The largest absolute Gasteiger partial charge is 0.373 e. The van der Waals surface area contributed by atoms with Crippen LogP contribution in [0.3, 0.4) is 0 Å². The summed E-state index contributed by atoms with van der Waals surface area (Å²) in [5, 5.41) is 9.21. The zero-order chi connectivity index (χ0) is 16.4. The number of hydrogen-bond donors (Lipinski definition) is 1. The molecule has 0 bridgehead atoms. The molecule has 23 heavy (non-hydrogen) atoms. The summed E-state index contributed by atoms with van der Waals surface area (Å²) in [7, 11) is 0. The van der Waals surface area contributed by atoms with Crippen LogP contribution in [0.4, 0.5) is 10.8 Å². The molecule has 2 aromatic rings. The number of nitrogens with zero attached hydrogens (tertiary/aromatic N) is 3. The summed E-state index contributed by atoms with van der Waals surface area (Å²) in [5.74, 6) is 0. The monoisotopic (exact) mass is 370 g/mol. The molecule has 2 atom stereocenters. The van der Waals surface area contributed by atoms with Gasteiger partial charge in [-0.1, -0.05) is 35.1 Å². The number of ether oxygens (including phenoxy) is 1. The molecule has 2 heterocycles. The second-order valence-corrected chi connectivity index (χ2v) is 7.74. The standard InChI is InChI=1S/C15H19ClN4OS2/c1-10-7-19(8-11(2)21-10)9-20-15(22)23-14(18-20)17-13-6-4-3-5-12(13)16/h3-6,10-11H,7-9H2,1-2H3,(H,17,18)/t10-,11+. The van der Waals surface area contributed by atoms with Gasteiger partial charge in [-0.05, 0) is 38.2 Å². The maximum atomic E-state index is 6.17. The van der Waals surface area contributed by atoms with E-state index in [1.807, 2.05) is 28.9 Å². The van der Waals surface area contributed by atoms with Crippen LogP contribution in [-0.2, 0) is 11.4 Å². The smallest absolute Gasteiger partial charge is 0.209 e. The summed E-state index contributed by atoms with van der Waals surface area (Å²) in [6, 6.07) is 7.59. The molecule has 1 aromatic carbocycles. The van der Waals surface area contributed by atoms with E-state index in [2.05, 4.69) is 29.2 Å². The van der Waals surface area contributed by atoms with Crippen LogP contribution in [0.25, 0.3) is 0 Å². The van der Waals surface area contributed by atoms with Crippen LogP contribution in [0, 0.1) is 3.95 Å². The van der Waals surface area contributed by atoms with E-state index < -0.39 is 0 Å². The van der Waals surface area contributed by atoms with E-state index in [1.165, 1.54) is 11.3 Å². The van der Waals surface area contributed by atoms with Crippen LogP contribution in [0.5, 0.6) is 0 Å². The Labute approximate surface area is 149 Å². The van der Waals surface area contributed by atoms with E-state index in [0.29, 0.717) is 11.7 Å². The Bertz CT molecular complexity index is 722. The Balaban J connectivity index is 1.71. The first-order valence-corrected chi connectivity index (χ1v) is 9.09. The molecular weight excluding hydrogens is 352 g/mol. The first-order valence-electron chi connectivity index (χ1n) is 7.48. The quantitative estimate of drug-likeness (QED) is 0.819. The molecule has 1 saturated heterocycles. The highest BCUT2D eigenvalue weighted by Crippen LogP contribution is 2.26. The molecule has 0 unspecified atom stereocenters. The lowest BCUT2D eigenvalue weighted by atomic mass is 10.2. The average Bonchev–Trinajstić information content (AvgIpc) is 2.80. The SMILES string of the molecule is C[C@@H]1CN(Cn2nc(Nc3ccccc3Cl)sc2=S)C[C@H](C)O1. The number of anilines is 2. The van der Waals surface area contributed by atoms with Crippen molar-refractivity contribution in [3.63, 3.8) is 0 Å². The molecular formula is C15H19ClN4OS2. The fourth-order valence-electron chi connectivity index (χ4n) is 2.71. The lowest BCUT2D eigenvalue weighted by molar-refractivity contribution is -0.0776. The highest BCUT2D eigenvalue weighted by Gasteiger charge is 2.22. The zero-order valence-corrected chi connectivity index (χ0v) is 15.4. The Kier molecular flexibility index (Phi) is 5.33. The van der Waals surface area contributed by atoms with Crippen molar-refractivity contribution in [2.24, 2.45) is 0 Å². The summed E-state index contributed by atoms with van der Waals surface area (Å²) < 4.78 is 8.35. The van der Waals surface area contributed by atoms with Crippen molar-refractivity contribution in [2.45, 2.75) is 32.7 Å². The fourth-order valence-corrected chi connectivity index (χ4v) is 3.90. The van der Waals surface area contributed by atoms with Crippen molar-refractivity contribution < 1.29 is 4.74 Å². The topological polar surface area (TPSA) is 42.3 Å². The summed E-state index contributed by atoms with van der Waals surface area (Å²) in [6.45, 7) is 6.63. The molecule has 1 aliphatic heterocycles. The summed E-state index contributed by atoms with van der Waals surface area (Å²) in [5.41, 5.74) is 0.832. The minimum Gasteiger partial charge on any atom is -0.373 e. The lowest BCUT2D eigenvalue weighted by Gasteiger charge is -2.34. The minimum atomic E-state index is 0.229. The van der Waals surface area contributed by atoms with Gasteiger partial charge in [0.05, 0.1) is 29.6 Å². The Hall–Kier alpha value is -0.990. The molecule has 5 nitrogen and oxygen atoms in total. The predicted molar refractivity (Wildman–Crippen MR) is 97.3 cm³/mol. The third kappa shape index (κ3) is 4.30. The van der Waals surface area contributed by atoms with Crippen molar-refractivity contribution in [3.05, 3.63) is 33.2 Å². The number of morpholine rings is 1. The van der Waals surface area contributed by atoms with Gasteiger partial charge in [0.2, 0.25) is 5.13 Å². The summed E-state index contributed by atoms with van der Waals surface area (Å²) >= 11 is 13.1. The van der Waals surface area contributed by atoms with Gasteiger partial charge in [0, 0.05) is 13.1 Å². The molecule has 1 N–H and O–H groups in total. The van der Waals surface area contributed by atoms with E-state index in [-0.39, 0.29) is 12.2 Å². The van der Waals surface area contributed by atoms with Gasteiger partial charge < -0.3 is 10.1 Å². The van der Waals surface area contributed by atoms with Gasteiger partial charge in [0.1, 0.15) is 0 Å². The third-order valence-electron chi connectivity index (χ3n) is 3.55. The van der Waals surface area contributed by atoms with Crippen molar-refractivity contribution in [2.75, 3.05) is 18.4 Å². The molecule has 0 aliphatic carbocycles. The third-order valence-corrected chi connectivity index (χ3v) is 5.10. The number of hydrogen-bond acceptors (Lipinski definition) is 6. The van der Waals surface area contributed by atoms with Crippen LogP contribution in [0.1, 0.15) is 13.8 Å². The van der Waals surface area contributed by atoms with Crippen LogP contribution < -0.4 is 5.32 Å². The minimum absolute atomic E-state index is 0.229. The molecule has 0 spiro atoms. The lowest BCUT2D eigenvalue weighted by Crippen LogP contribution is -2.46. The van der Waals surface area contributed by atoms with Gasteiger partial charge in [-0.3, -0.25) is 4.90 Å². The number of rotatable bonds is 4. The zero-order valence-electron chi connectivity index (χ0n) is 13.0. The fraction of sp³-hybridized carbons (Fsp3) is 0.467. The summed E-state index contributed by atoms with van der Waals surface area (Å²) in [4.78, 5) is 2.31. The molecule has 0 amide bonds. The normalized spacial score (nSPS) is 22.2. The first kappa shape index (κ1) is 16.9. The molecule has 8 heteroatoms. The Morgan fingerprint density at radius 2 is 2.04 bits per heavy atom. The molecule has 1 aliphatic rings. The van der Waals surface area contributed by atoms with Crippen LogP contribution in [0.15, 0.2) is 24.3 Å². The van der Waals surface area contributed by atoms with Gasteiger partial charge in [-0.25, -0.2) is 4.68 Å². The second kappa shape index (κ2) is 7.27. The number of nitrogens with one attached hydrogen (secondary N) is 1. The molecule has 124 valence electrons. The average molecular weight is 371 g/mol. The Morgan fingerprint density at radius 3 is 2.74 bits per heavy atom. The van der Waals surface area contributed by atoms with Gasteiger partial charge in [-0.2, -0.15) is 0 Å². The molecule has 1 aromatic heterocycles. The van der Waals surface area contributed by atoms with E-state index in [9.17, 15) is 0 Å². The maximum absolute atomic E-state index is 6.17. The second-order valence-electron chi connectivity index (χ2n) is 5.71. The van der Waals surface area contributed by atoms with E-state index >= 15 is 0 Å². The molecule has 0 radical (unpaired) electrons. The molecule has 0 saturated carbocycles. The highest BCUT2D eigenvalue weighted by molar-refractivity contribution is 7.73. The van der Waals surface area contributed by atoms with Crippen molar-refractivity contribution in [1.82, 2.24) is 14.7 Å².